The lowest BCUT2D eigenvalue weighted by Crippen LogP contribution is -2.61. The van der Waals surface area contributed by atoms with E-state index in [0.29, 0.717) is 0 Å². The molecular weight excluding hydrogens is 444 g/mol. The topological polar surface area (TPSA) is 51.2 Å². The van der Waals surface area contributed by atoms with Crippen molar-refractivity contribution >= 4 is 17.3 Å². The van der Waals surface area contributed by atoms with Crippen molar-refractivity contribution in [3.8, 4) is 11.1 Å². The summed E-state index contributed by atoms with van der Waals surface area (Å²) >= 11 is 0. The quantitative estimate of drug-likeness (QED) is 0.423. The van der Waals surface area contributed by atoms with Gasteiger partial charge in [-0.2, -0.15) is 0 Å². The molecule has 5 rings (SSSR count). The summed E-state index contributed by atoms with van der Waals surface area (Å²) in [7, 11) is 0. The fraction of sp³-hybridized carbons (Fsp3) is 0.485. The maximum atomic E-state index is 14.4. The highest BCUT2D eigenvalue weighted by molar-refractivity contribution is 6.16. The van der Waals surface area contributed by atoms with E-state index in [1.807, 2.05) is 27.7 Å². The van der Waals surface area contributed by atoms with Crippen molar-refractivity contribution in [2.75, 3.05) is 0 Å². The van der Waals surface area contributed by atoms with Crippen molar-refractivity contribution in [2.24, 2.45) is 28.1 Å². The lowest BCUT2D eigenvalue weighted by Gasteiger charge is -2.61. The van der Waals surface area contributed by atoms with E-state index in [1.165, 1.54) is 5.56 Å². The molecule has 36 heavy (non-hydrogen) atoms. The van der Waals surface area contributed by atoms with Crippen LogP contribution in [0.25, 0.3) is 11.1 Å². The van der Waals surface area contributed by atoms with E-state index in [2.05, 4.69) is 57.2 Å². The second-order valence-corrected chi connectivity index (χ2v) is 12.7. The Morgan fingerprint density at radius 2 is 1.58 bits per heavy atom. The minimum Gasteiger partial charge on any atom is -0.299 e. The van der Waals surface area contributed by atoms with E-state index < -0.39 is 11.3 Å². The maximum Gasteiger partial charge on any atom is 0.190 e. The van der Waals surface area contributed by atoms with E-state index in [0.717, 1.165) is 58.2 Å². The van der Waals surface area contributed by atoms with Gasteiger partial charge in [0, 0.05) is 16.6 Å². The normalized spacial score (nSPS) is 33.7. The summed E-state index contributed by atoms with van der Waals surface area (Å²) in [6.45, 7) is 16.1. The molecule has 0 radical (unpaired) electrons. The Bertz CT molecular complexity index is 1360. The Morgan fingerprint density at radius 1 is 0.944 bits per heavy atom. The van der Waals surface area contributed by atoms with Gasteiger partial charge in [-0.3, -0.25) is 14.4 Å². The molecule has 0 amide bonds. The number of fused-ring (bicyclic) bond motifs is 3. The molecule has 2 aromatic rings. The molecule has 0 heterocycles. The monoisotopic (exact) mass is 482 g/mol. The smallest absolute Gasteiger partial charge is 0.190 e. The summed E-state index contributed by atoms with van der Waals surface area (Å²) in [5.74, 6) is -0.573. The third-order valence-electron chi connectivity index (χ3n) is 10.2. The van der Waals surface area contributed by atoms with Crippen LogP contribution in [0.2, 0.25) is 0 Å². The predicted molar refractivity (Wildman–Crippen MR) is 144 cm³/mol. The second kappa shape index (κ2) is 7.84. The summed E-state index contributed by atoms with van der Waals surface area (Å²) in [6.07, 6.45) is 2.34. The first-order valence-corrected chi connectivity index (χ1v) is 13.3. The average Bonchev–Trinajstić information content (AvgIpc) is 2.76. The Morgan fingerprint density at radius 3 is 2.19 bits per heavy atom. The van der Waals surface area contributed by atoms with Crippen molar-refractivity contribution in [3.63, 3.8) is 0 Å². The van der Waals surface area contributed by atoms with Gasteiger partial charge in [0.05, 0.1) is 11.3 Å². The summed E-state index contributed by atoms with van der Waals surface area (Å²) in [6, 6.07) is 12.8. The highest BCUT2D eigenvalue weighted by atomic mass is 16.2. The number of carbonyl (C=O) groups is 3. The van der Waals surface area contributed by atoms with Gasteiger partial charge in [-0.25, -0.2) is 0 Å². The van der Waals surface area contributed by atoms with Gasteiger partial charge in [-0.15, -0.1) is 0 Å². The Balaban J connectivity index is 1.75. The fourth-order valence-corrected chi connectivity index (χ4v) is 8.40. The van der Waals surface area contributed by atoms with Crippen molar-refractivity contribution in [2.45, 2.75) is 74.7 Å². The summed E-state index contributed by atoms with van der Waals surface area (Å²) in [5, 5.41) is 0. The lowest BCUT2D eigenvalue weighted by atomic mass is 9.40. The largest absolute Gasteiger partial charge is 0.299 e. The number of Topliss-reactive ketones (excluding diaryl/α,β-unsaturated/α-hetero) is 3. The van der Waals surface area contributed by atoms with Gasteiger partial charge in [0.15, 0.2) is 11.6 Å². The molecule has 0 saturated heterocycles. The van der Waals surface area contributed by atoms with Gasteiger partial charge in [0.1, 0.15) is 5.78 Å². The summed E-state index contributed by atoms with van der Waals surface area (Å²) < 4.78 is 0. The van der Waals surface area contributed by atoms with Crippen LogP contribution in [0.1, 0.15) is 81.4 Å². The number of aryl methyl sites for hydroxylation is 2. The SMILES string of the molecule is CC(=O)C1C(=O)[C@]2(C)C(C)=C3C(=O)c4c(C)ccc(-c5ccc(C)cc5)c4C[C@]3(C)C[C@]2(C)CC1C. The molecule has 3 aliphatic rings. The van der Waals surface area contributed by atoms with E-state index in [-0.39, 0.29) is 34.1 Å². The Kier molecular flexibility index (Phi) is 5.42. The standard InChI is InChI=1S/C33H38O3/c1-18-9-12-23(13-10-18)24-14-11-19(2)27-25(24)16-31(6)17-32(7)15-20(3)26(22(5)34)30(36)33(32,8)21(4)28(31)29(27)35/h9-14,20,26H,15-17H2,1-8H3/t20?,26?,31-,32+,33+/m1/s1. The number of hydrogen-bond acceptors (Lipinski definition) is 3. The van der Waals surface area contributed by atoms with Crippen molar-refractivity contribution < 1.29 is 14.4 Å². The molecule has 5 atom stereocenters. The third-order valence-corrected chi connectivity index (χ3v) is 10.2. The zero-order chi connectivity index (χ0) is 26.4. The van der Waals surface area contributed by atoms with Gasteiger partial charge in [0.25, 0.3) is 0 Å². The zero-order valence-corrected chi connectivity index (χ0v) is 23.0. The number of hydrogen-bond donors (Lipinski definition) is 0. The van der Waals surface area contributed by atoms with E-state index in [4.69, 9.17) is 0 Å². The number of allylic oxidation sites excluding steroid dienone is 2. The van der Waals surface area contributed by atoms with Crippen LogP contribution < -0.4 is 0 Å². The van der Waals surface area contributed by atoms with E-state index in [9.17, 15) is 14.4 Å². The molecule has 0 spiro atoms. The first-order chi connectivity index (χ1) is 16.7. The highest BCUT2D eigenvalue weighted by Gasteiger charge is 2.65. The van der Waals surface area contributed by atoms with Gasteiger partial charge >= 0.3 is 0 Å². The maximum absolute atomic E-state index is 14.4. The van der Waals surface area contributed by atoms with Crippen LogP contribution in [0.4, 0.5) is 0 Å². The van der Waals surface area contributed by atoms with Crippen LogP contribution in [-0.4, -0.2) is 17.3 Å². The zero-order valence-electron chi connectivity index (χ0n) is 23.0. The molecule has 0 N–H and O–H groups in total. The number of rotatable bonds is 2. The van der Waals surface area contributed by atoms with Crippen LogP contribution in [0.15, 0.2) is 47.5 Å². The molecule has 2 unspecified atom stereocenters. The number of benzene rings is 2. The summed E-state index contributed by atoms with van der Waals surface area (Å²) in [4.78, 5) is 41.0. The molecule has 1 fully saturated rings. The van der Waals surface area contributed by atoms with Gasteiger partial charge in [0.2, 0.25) is 0 Å². The van der Waals surface area contributed by atoms with Crippen LogP contribution in [-0.2, 0) is 16.0 Å². The lowest BCUT2D eigenvalue weighted by molar-refractivity contribution is -0.154. The molecular formula is C33H38O3. The van der Waals surface area contributed by atoms with Crippen molar-refractivity contribution in [3.05, 3.63) is 69.8 Å². The second-order valence-electron chi connectivity index (χ2n) is 12.7. The molecule has 0 aromatic heterocycles. The van der Waals surface area contributed by atoms with E-state index in [1.54, 1.807) is 6.92 Å². The minimum absolute atomic E-state index is 0.00275. The molecule has 1 saturated carbocycles. The highest BCUT2D eigenvalue weighted by Crippen LogP contribution is 2.67. The molecule has 3 aliphatic carbocycles. The molecule has 3 heteroatoms. The van der Waals surface area contributed by atoms with Crippen LogP contribution >= 0.6 is 0 Å². The average molecular weight is 483 g/mol. The fourth-order valence-electron chi connectivity index (χ4n) is 8.40. The van der Waals surface area contributed by atoms with Crippen molar-refractivity contribution in [1.82, 2.24) is 0 Å². The van der Waals surface area contributed by atoms with E-state index >= 15 is 0 Å². The number of ketones is 3. The van der Waals surface area contributed by atoms with Crippen LogP contribution in [0.5, 0.6) is 0 Å². The first-order valence-electron chi connectivity index (χ1n) is 13.3. The van der Waals surface area contributed by atoms with Gasteiger partial charge in [-0.05, 0) is 87.5 Å². The Hall–Kier alpha value is -2.81. The Labute approximate surface area is 215 Å². The molecule has 2 aromatic carbocycles. The van der Waals surface area contributed by atoms with Crippen LogP contribution in [0.3, 0.4) is 0 Å². The predicted octanol–water partition coefficient (Wildman–Crippen LogP) is 7.26. The third kappa shape index (κ3) is 3.14. The molecule has 3 nitrogen and oxygen atoms in total. The first kappa shape index (κ1) is 24.9. The van der Waals surface area contributed by atoms with Crippen molar-refractivity contribution in [1.29, 1.82) is 0 Å². The number of carbonyl (C=O) groups excluding carboxylic acids is 3. The minimum atomic E-state index is -0.819. The van der Waals surface area contributed by atoms with Gasteiger partial charge in [-0.1, -0.05) is 68.3 Å². The van der Waals surface area contributed by atoms with Crippen LogP contribution in [0, 0.1) is 41.9 Å². The van der Waals surface area contributed by atoms with Gasteiger partial charge < -0.3 is 0 Å². The summed E-state index contributed by atoms with van der Waals surface area (Å²) in [5.41, 5.74) is 6.59. The molecule has 0 aliphatic heterocycles. The molecule has 188 valence electrons. The molecule has 0 bridgehead atoms.